The second-order valence-electron chi connectivity index (χ2n) is 4.09. The molecule has 0 aromatic heterocycles. The van der Waals surface area contributed by atoms with Crippen LogP contribution in [0.15, 0.2) is 0 Å². The minimum absolute atomic E-state index is 0.951. The summed E-state index contributed by atoms with van der Waals surface area (Å²) in [4.78, 5) is 0. The summed E-state index contributed by atoms with van der Waals surface area (Å²) in [6.45, 7) is 0. The normalized spacial score (nSPS) is 42.0. The van der Waals surface area contributed by atoms with Crippen molar-refractivity contribution in [1.82, 2.24) is 0 Å². The zero-order valence-electron chi connectivity index (χ0n) is 9.00. The fraction of sp³-hybridized carbons (Fsp3) is 1.00. The molecule has 4 unspecified atom stereocenters. The van der Waals surface area contributed by atoms with Crippen LogP contribution in [0.5, 0.6) is 0 Å². The minimum atomic E-state index is 0.951. The van der Waals surface area contributed by atoms with E-state index in [1.807, 2.05) is 0 Å². The number of hydrogen-bond acceptors (Lipinski definition) is 4. The van der Waals surface area contributed by atoms with Crippen molar-refractivity contribution in [2.24, 2.45) is 0 Å². The molecule has 0 saturated carbocycles. The topological polar surface area (TPSA) is 0 Å². The summed E-state index contributed by atoms with van der Waals surface area (Å²) in [6, 6.07) is 0. The van der Waals surface area contributed by atoms with Crippen LogP contribution in [0.4, 0.5) is 0 Å². The van der Waals surface area contributed by atoms with Gasteiger partial charge in [-0.15, -0.1) is 0 Å². The van der Waals surface area contributed by atoms with Gasteiger partial charge in [0.25, 0.3) is 0 Å². The van der Waals surface area contributed by atoms with Crippen LogP contribution in [-0.2, 0) is 0 Å². The number of thioether (sulfide) groups is 4. The molecular formula is C10H16S4Se2. The molecule has 3 rings (SSSR count). The average molecular weight is 422 g/mol. The Bertz CT molecular complexity index is 211. The third kappa shape index (κ3) is 4.84. The summed E-state index contributed by atoms with van der Waals surface area (Å²) in [5.41, 5.74) is 0. The Morgan fingerprint density at radius 1 is 1.06 bits per heavy atom. The van der Waals surface area contributed by atoms with E-state index in [2.05, 4.69) is 47.0 Å². The summed E-state index contributed by atoms with van der Waals surface area (Å²) in [5.74, 6) is 5.83. The van der Waals surface area contributed by atoms with Crippen LogP contribution < -0.4 is 0 Å². The fourth-order valence-corrected chi connectivity index (χ4v) is 18.0. The first-order valence-corrected chi connectivity index (χ1v) is 14.0. The zero-order chi connectivity index (χ0) is 10.8. The van der Waals surface area contributed by atoms with Gasteiger partial charge in [0.1, 0.15) is 0 Å². The summed E-state index contributed by atoms with van der Waals surface area (Å²) < 4.78 is 2.20. The van der Waals surface area contributed by atoms with E-state index in [4.69, 9.17) is 0 Å². The maximum atomic E-state index is 2.34. The standard InChI is InChI=1S/C10H16S4Se2/c1-2-15-10(14-6-8-4-12-8)16-9(1)13-5-7-3-11-7/h7-10H,1-6H2. The molecule has 3 saturated heterocycles. The van der Waals surface area contributed by atoms with Crippen LogP contribution >= 0.6 is 47.0 Å². The van der Waals surface area contributed by atoms with Gasteiger partial charge in [-0.1, -0.05) is 0 Å². The van der Waals surface area contributed by atoms with Gasteiger partial charge in [-0.3, -0.25) is 0 Å². The van der Waals surface area contributed by atoms with Crippen LogP contribution in [0.3, 0.4) is 0 Å². The summed E-state index contributed by atoms with van der Waals surface area (Å²) in [7, 11) is 0. The van der Waals surface area contributed by atoms with Crippen LogP contribution in [0, 0.1) is 0 Å². The van der Waals surface area contributed by atoms with E-state index in [-0.39, 0.29) is 0 Å². The Hall–Kier alpha value is 2.44. The fourth-order valence-electron chi connectivity index (χ4n) is 1.43. The van der Waals surface area contributed by atoms with E-state index in [0.717, 1.165) is 47.6 Å². The second-order valence-corrected chi connectivity index (χ2v) is 18.0. The van der Waals surface area contributed by atoms with Gasteiger partial charge >= 0.3 is 129 Å². The van der Waals surface area contributed by atoms with Crippen molar-refractivity contribution < 1.29 is 0 Å². The molecule has 0 spiro atoms. The summed E-state index contributed by atoms with van der Waals surface area (Å²) >= 11 is 10.9. The van der Waals surface area contributed by atoms with E-state index in [9.17, 15) is 0 Å². The molecule has 0 nitrogen and oxygen atoms in total. The quantitative estimate of drug-likeness (QED) is 0.477. The van der Waals surface area contributed by atoms with Gasteiger partial charge in [0, 0.05) is 0 Å². The number of rotatable bonds is 6. The molecule has 16 heavy (non-hydrogen) atoms. The Morgan fingerprint density at radius 2 is 1.75 bits per heavy atom. The third-order valence-electron chi connectivity index (χ3n) is 2.56. The van der Waals surface area contributed by atoms with E-state index in [0.29, 0.717) is 0 Å². The van der Waals surface area contributed by atoms with E-state index >= 15 is 0 Å². The summed E-state index contributed by atoms with van der Waals surface area (Å²) in [6.07, 6.45) is 1.55. The average Bonchev–Trinajstić information content (AvgIpc) is 3.17. The van der Waals surface area contributed by atoms with Crippen LogP contribution in [-0.4, -0.2) is 70.6 Å². The molecule has 0 amide bonds. The van der Waals surface area contributed by atoms with Gasteiger partial charge < -0.3 is 0 Å². The molecule has 0 aliphatic carbocycles. The zero-order valence-corrected chi connectivity index (χ0v) is 15.7. The van der Waals surface area contributed by atoms with Gasteiger partial charge in [-0.05, 0) is 0 Å². The van der Waals surface area contributed by atoms with Gasteiger partial charge in [0.2, 0.25) is 0 Å². The molecule has 0 bridgehead atoms. The maximum absolute atomic E-state index is 2.34. The monoisotopic (exact) mass is 424 g/mol. The molecule has 0 aromatic rings. The van der Waals surface area contributed by atoms with Crippen molar-refractivity contribution in [2.75, 3.05) is 23.0 Å². The van der Waals surface area contributed by atoms with E-state index in [1.165, 1.54) is 23.0 Å². The first-order chi connectivity index (χ1) is 7.90. The SMILES string of the molecule is C1CC(SCC2CS2)[Se]C(SCC2CS2)[Se]1. The molecule has 92 valence electrons. The first-order valence-electron chi connectivity index (χ1n) is 5.63. The molecule has 0 radical (unpaired) electrons. The van der Waals surface area contributed by atoms with Gasteiger partial charge in [-0.25, -0.2) is 0 Å². The Balaban J connectivity index is 1.34. The molecule has 0 aromatic carbocycles. The van der Waals surface area contributed by atoms with Crippen LogP contribution in [0.25, 0.3) is 0 Å². The summed E-state index contributed by atoms with van der Waals surface area (Å²) in [5, 5.41) is 3.66. The molecule has 3 aliphatic heterocycles. The Labute approximate surface area is 128 Å². The van der Waals surface area contributed by atoms with Crippen LogP contribution in [0.2, 0.25) is 5.32 Å². The first kappa shape index (κ1) is 13.4. The van der Waals surface area contributed by atoms with Crippen molar-refractivity contribution in [2.45, 2.75) is 29.4 Å². The Morgan fingerprint density at radius 3 is 2.44 bits per heavy atom. The van der Waals surface area contributed by atoms with E-state index < -0.39 is 0 Å². The predicted octanol–water partition coefficient (Wildman–Crippen LogP) is 2.52. The molecule has 6 heteroatoms. The third-order valence-corrected chi connectivity index (χ3v) is 17.3. The molecule has 3 fully saturated rings. The van der Waals surface area contributed by atoms with Crippen molar-refractivity contribution in [3.8, 4) is 0 Å². The Kier molecular flexibility index (Phi) is 5.66. The molecular weight excluding hydrogens is 406 g/mol. The van der Waals surface area contributed by atoms with Crippen LogP contribution in [0.1, 0.15) is 6.42 Å². The van der Waals surface area contributed by atoms with Crippen molar-refractivity contribution >= 4 is 77.0 Å². The molecule has 3 heterocycles. The second kappa shape index (κ2) is 6.74. The van der Waals surface area contributed by atoms with Gasteiger partial charge in [0.05, 0.1) is 0 Å². The van der Waals surface area contributed by atoms with E-state index in [1.54, 1.807) is 11.7 Å². The molecule has 3 aliphatic rings. The molecule has 4 atom stereocenters. The van der Waals surface area contributed by atoms with Gasteiger partial charge in [0.15, 0.2) is 0 Å². The predicted molar refractivity (Wildman–Crippen MR) is 85.9 cm³/mol. The van der Waals surface area contributed by atoms with Crippen molar-refractivity contribution in [3.63, 3.8) is 0 Å². The molecule has 0 N–H and O–H groups in total. The van der Waals surface area contributed by atoms with Gasteiger partial charge in [-0.2, -0.15) is 0 Å². The van der Waals surface area contributed by atoms with Crippen molar-refractivity contribution in [1.29, 1.82) is 0 Å². The van der Waals surface area contributed by atoms with Crippen molar-refractivity contribution in [3.05, 3.63) is 0 Å². The number of hydrogen-bond donors (Lipinski definition) is 0.